The number of rotatable bonds is 3. The molecule has 1 heterocycles. The van der Waals surface area contributed by atoms with E-state index in [-0.39, 0.29) is 5.91 Å². The third-order valence-electron chi connectivity index (χ3n) is 1.73. The predicted octanol–water partition coefficient (Wildman–Crippen LogP) is 0.393. The molecule has 1 aromatic rings. The summed E-state index contributed by atoms with van der Waals surface area (Å²) in [4.78, 5) is 16.9. The van der Waals surface area contributed by atoms with E-state index in [0.717, 1.165) is 0 Å². The lowest BCUT2D eigenvalue weighted by Gasteiger charge is -2.14. The third-order valence-corrected chi connectivity index (χ3v) is 1.73. The van der Waals surface area contributed by atoms with Gasteiger partial charge in [-0.3, -0.25) is 9.69 Å². The zero-order valence-electron chi connectivity index (χ0n) is 7.60. The minimum absolute atomic E-state index is 0.0128. The van der Waals surface area contributed by atoms with Crippen LogP contribution in [0.15, 0.2) is 24.4 Å². The Hall–Kier alpha value is -1.42. The van der Waals surface area contributed by atoms with E-state index in [1.807, 2.05) is 12.1 Å². The van der Waals surface area contributed by atoms with E-state index in [1.165, 1.54) is 4.90 Å². The Kier molecular flexibility index (Phi) is 3.40. The summed E-state index contributed by atoms with van der Waals surface area (Å²) in [5.74, 6) is 0.641. The number of amides is 1. The predicted molar refractivity (Wildman–Crippen MR) is 51.3 cm³/mol. The Balaban J connectivity index is 2.68. The van der Waals surface area contributed by atoms with Crippen LogP contribution in [0.5, 0.6) is 0 Å². The summed E-state index contributed by atoms with van der Waals surface area (Å²) >= 11 is 0. The highest BCUT2D eigenvalue weighted by Crippen LogP contribution is 2.07. The van der Waals surface area contributed by atoms with Gasteiger partial charge in [0.1, 0.15) is 5.82 Å². The minimum atomic E-state index is -0.0128. The number of aromatic nitrogens is 1. The van der Waals surface area contributed by atoms with Gasteiger partial charge in [-0.05, 0) is 12.1 Å². The fraction of sp³-hybridized carbons (Fsp3) is 0.333. The summed E-state index contributed by atoms with van der Waals surface area (Å²) in [6.07, 6.45) is 2.01. The molecule has 0 atom stereocenters. The molecular formula is C9H13N3O. The van der Waals surface area contributed by atoms with Crippen LogP contribution < -0.4 is 10.6 Å². The van der Waals surface area contributed by atoms with Gasteiger partial charge in [-0.25, -0.2) is 4.98 Å². The average molecular weight is 179 g/mol. The van der Waals surface area contributed by atoms with Crippen LogP contribution >= 0.6 is 0 Å². The number of hydrogen-bond donors (Lipinski definition) is 1. The van der Waals surface area contributed by atoms with Gasteiger partial charge in [0.15, 0.2) is 0 Å². The summed E-state index contributed by atoms with van der Waals surface area (Å²) in [5.41, 5.74) is 5.28. The normalized spacial score (nSPS) is 9.69. The number of carbonyl (C=O) groups excluding carboxylic acids is 1. The van der Waals surface area contributed by atoms with Crippen LogP contribution in [-0.2, 0) is 4.79 Å². The molecule has 0 saturated heterocycles. The van der Waals surface area contributed by atoms with Crippen molar-refractivity contribution in [3.8, 4) is 0 Å². The Morgan fingerprint density at radius 3 is 2.92 bits per heavy atom. The average Bonchev–Trinajstić information content (AvgIpc) is 2.18. The van der Waals surface area contributed by atoms with Crippen LogP contribution in [0.2, 0.25) is 0 Å². The summed E-state index contributed by atoms with van der Waals surface area (Å²) in [5, 5.41) is 0. The number of nitrogens with two attached hydrogens (primary N) is 1. The van der Waals surface area contributed by atoms with Gasteiger partial charge in [0.05, 0.1) is 0 Å². The molecule has 0 aliphatic carbocycles. The van der Waals surface area contributed by atoms with Crippen molar-refractivity contribution < 1.29 is 4.79 Å². The molecule has 0 aliphatic heterocycles. The first-order chi connectivity index (χ1) is 6.25. The Morgan fingerprint density at radius 2 is 2.38 bits per heavy atom. The standard InChI is InChI=1S/C9H13N3O/c1-12(9(13)5-6-10)8-4-2-3-7-11-8/h2-4,7H,5-6,10H2,1H3. The molecule has 1 rings (SSSR count). The summed E-state index contributed by atoms with van der Waals surface area (Å²) in [6, 6.07) is 5.44. The van der Waals surface area contributed by atoms with Crippen LogP contribution in [-0.4, -0.2) is 24.5 Å². The van der Waals surface area contributed by atoms with Gasteiger partial charge < -0.3 is 5.73 Å². The molecule has 0 radical (unpaired) electrons. The van der Waals surface area contributed by atoms with E-state index in [9.17, 15) is 4.79 Å². The summed E-state index contributed by atoms with van der Waals surface area (Å²) in [7, 11) is 1.69. The first-order valence-electron chi connectivity index (χ1n) is 4.13. The van der Waals surface area contributed by atoms with Crippen LogP contribution in [0, 0.1) is 0 Å². The minimum Gasteiger partial charge on any atom is -0.330 e. The molecule has 0 aromatic carbocycles. The molecule has 4 heteroatoms. The molecule has 0 aliphatic rings. The number of hydrogen-bond acceptors (Lipinski definition) is 3. The maximum absolute atomic E-state index is 11.3. The Morgan fingerprint density at radius 1 is 1.62 bits per heavy atom. The van der Waals surface area contributed by atoms with Crippen molar-refractivity contribution in [3.63, 3.8) is 0 Å². The Labute approximate surface area is 77.4 Å². The van der Waals surface area contributed by atoms with Gasteiger partial charge in [-0.2, -0.15) is 0 Å². The largest absolute Gasteiger partial charge is 0.330 e. The third kappa shape index (κ3) is 2.52. The number of anilines is 1. The van der Waals surface area contributed by atoms with E-state index in [1.54, 1.807) is 19.3 Å². The highest BCUT2D eigenvalue weighted by Gasteiger charge is 2.09. The quantitative estimate of drug-likeness (QED) is 0.730. The molecule has 13 heavy (non-hydrogen) atoms. The van der Waals surface area contributed by atoms with Crippen LogP contribution in [0.1, 0.15) is 6.42 Å². The maximum atomic E-state index is 11.3. The van der Waals surface area contributed by atoms with E-state index in [4.69, 9.17) is 5.73 Å². The van der Waals surface area contributed by atoms with Gasteiger partial charge in [-0.15, -0.1) is 0 Å². The zero-order valence-corrected chi connectivity index (χ0v) is 7.60. The molecule has 0 fully saturated rings. The van der Waals surface area contributed by atoms with Crippen molar-refractivity contribution in [3.05, 3.63) is 24.4 Å². The monoisotopic (exact) mass is 179 g/mol. The zero-order chi connectivity index (χ0) is 9.68. The second kappa shape index (κ2) is 4.57. The second-order valence-corrected chi connectivity index (χ2v) is 2.68. The SMILES string of the molecule is CN(C(=O)CCN)c1ccccn1. The summed E-state index contributed by atoms with van der Waals surface area (Å²) < 4.78 is 0. The molecule has 0 saturated carbocycles. The van der Waals surface area contributed by atoms with Crippen molar-refractivity contribution in [1.82, 2.24) is 4.98 Å². The topological polar surface area (TPSA) is 59.2 Å². The van der Waals surface area contributed by atoms with Gasteiger partial charge in [0.2, 0.25) is 5.91 Å². The lowest BCUT2D eigenvalue weighted by Crippen LogP contribution is -2.28. The smallest absolute Gasteiger partial charge is 0.229 e. The maximum Gasteiger partial charge on any atom is 0.229 e. The van der Waals surface area contributed by atoms with Crippen LogP contribution in [0.25, 0.3) is 0 Å². The second-order valence-electron chi connectivity index (χ2n) is 2.68. The van der Waals surface area contributed by atoms with Crippen molar-refractivity contribution >= 4 is 11.7 Å². The molecule has 1 amide bonds. The highest BCUT2D eigenvalue weighted by atomic mass is 16.2. The highest BCUT2D eigenvalue weighted by molar-refractivity contribution is 5.91. The fourth-order valence-electron chi connectivity index (χ4n) is 0.971. The number of nitrogens with zero attached hydrogens (tertiary/aromatic N) is 2. The van der Waals surface area contributed by atoms with E-state index < -0.39 is 0 Å². The molecule has 0 bridgehead atoms. The molecule has 4 nitrogen and oxygen atoms in total. The van der Waals surface area contributed by atoms with E-state index >= 15 is 0 Å². The van der Waals surface area contributed by atoms with Crippen molar-refractivity contribution in [1.29, 1.82) is 0 Å². The van der Waals surface area contributed by atoms with Gasteiger partial charge >= 0.3 is 0 Å². The lowest BCUT2D eigenvalue weighted by atomic mass is 10.3. The lowest BCUT2D eigenvalue weighted by molar-refractivity contribution is -0.118. The Bertz CT molecular complexity index is 273. The van der Waals surface area contributed by atoms with Gasteiger partial charge in [-0.1, -0.05) is 6.07 Å². The van der Waals surface area contributed by atoms with E-state index in [2.05, 4.69) is 4.98 Å². The molecule has 70 valence electrons. The van der Waals surface area contributed by atoms with Crippen molar-refractivity contribution in [2.75, 3.05) is 18.5 Å². The molecule has 1 aromatic heterocycles. The van der Waals surface area contributed by atoms with Crippen molar-refractivity contribution in [2.45, 2.75) is 6.42 Å². The van der Waals surface area contributed by atoms with E-state index in [0.29, 0.717) is 18.8 Å². The molecule has 0 unspecified atom stereocenters. The fourth-order valence-corrected chi connectivity index (χ4v) is 0.971. The summed E-state index contributed by atoms with van der Waals surface area (Å²) in [6.45, 7) is 0.371. The van der Waals surface area contributed by atoms with Gasteiger partial charge in [0.25, 0.3) is 0 Å². The molecule has 0 spiro atoms. The van der Waals surface area contributed by atoms with Crippen LogP contribution in [0.3, 0.4) is 0 Å². The van der Waals surface area contributed by atoms with Crippen molar-refractivity contribution in [2.24, 2.45) is 5.73 Å². The molecule has 2 N–H and O–H groups in total. The molecular weight excluding hydrogens is 166 g/mol. The first-order valence-corrected chi connectivity index (χ1v) is 4.13. The van der Waals surface area contributed by atoms with Gasteiger partial charge in [0, 0.05) is 26.2 Å². The first kappa shape index (κ1) is 9.67. The van der Waals surface area contributed by atoms with Crippen LogP contribution in [0.4, 0.5) is 5.82 Å². The number of pyridine rings is 1. The number of carbonyl (C=O) groups is 1.